The van der Waals surface area contributed by atoms with Crippen molar-refractivity contribution in [3.05, 3.63) is 97.2 Å². The maximum absolute atomic E-state index is 13.0. The number of rotatable bonds is 40. The highest BCUT2D eigenvalue weighted by atomic mass is 31.2. The van der Waals surface area contributed by atoms with E-state index in [0.717, 1.165) is 38.5 Å². The molecule has 0 aromatic rings. The normalized spacial score (nSPS) is 22.3. The lowest BCUT2D eigenvalue weighted by atomic mass is 9.85. The van der Waals surface area contributed by atoms with Crippen LogP contribution in [-0.4, -0.2) is 114 Å². The fourth-order valence-electron chi connectivity index (χ4n) is 6.84. The molecule has 0 amide bonds. The molecule has 1 rings (SSSR count). The molecule has 1 fully saturated rings. The van der Waals surface area contributed by atoms with Crippen molar-refractivity contribution < 1.29 is 82.0 Å². The second-order valence-corrected chi connectivity index (χ2v) is 19.6. The quantitative estimate of drug-likeness (QED) is 0.00935. The summed E-state index contributed by atoms with van der Waals surface area (Å²) in [6, 6.07) is 0. The van der Waals surface area contributed by atoms with Gasteiger partial charge < -0.3 is 49.7 Å². The SMILES string of the molecule is CCCCC/C=C\C/C=C\C/C=C\C/C=C\C/C=C\CCC(=O)O[C@H](COC(=O)CCCC(O)/C=C/C=C/C/C=C/CCCCCCCC)COP(=O)(O)O[C@H]1C(O)C(O)C(O)[C@@H](OP(=O)(O)O)C1O. The fraction of sp³-hybridized carbons (Fsp3) is 0.647. The number of carbonyl (C=O) groups excluding carboxylic acids is 2. The number of allylic oxidation sites excluding steroid dienone is 15. The molecule has 0 spiro atoms. The molecule has 1 aliphatic carbocycles. The summed E-state index contributed by atoms with van der Waals surface area (Å²) < 4.78 is 49.2. The van der Waals surface area contributed by atoms with Gasteiger partial charge in [-0.3, -0.25) is 23.2 Å². The zero-order chi connectivity index (χ0) is 51.9. The van der Waals surface area contributed by atoms with Crippen LogP contribution in [0.3, 0.4) is 0 Å². The van der Waals surface area contributed by atoms with Crippen molar-refractivity contribution in [3.8, 4) is 0 Å². The molecule has 0 bridgehead atoms. The Bertz CT molecular complexity index is 1730. The predicted molar refractivity (Wildman–Crippen MR) is 270 cm³/mol. The van der Waals surface area contributed by atoms with Crippen LogP contribution in [0.15, 0.2) is 97.2 Å². The second kappa shape index (κ2) is 40.4. The third-order valence-electron chi connectivity index (χ3n) is 10.7. The summed E-state index contributed by atoms with van der Waals surface area (Å²) in [5, 5.41) is 51.6. The summed E-state index contributed by atoms with van der Waals surface area (Å²) in [7, 11) is -10.8. The lowest BCUT2D eigenvalue weighted by molar-refractivity contribution is -0.216. The molecule has 0 radical (unpaired) electrons. The van der Waals surface area contributed by atoms with E-state index in [4.69, 9.17) is 18.5 Å². The van der Waals surface area contributed by atoms with Crippen molar-refractivity contribution in [1.82, 2.24) is 0 Å². The number of hydrogen-bond acceptors (Lipinski definition) is 14. The van der Waals surface area contributed by atoms with Gasteiger partial charge in [-0.25, -0.2) is 9.13 Å². The van der Waals surface area contributed by atoms with Crippen LogP contribution >= 0.6 is 15.6 Å². The Hall–Kier alpha value is -3.12. The lowest BCUT2D eigenvalue weighted by Crippen LogP contribution is -2.64. The zero-order valence-corrected chi connectivity index (χ0v) is 43.1. The monoisotopic (exact) mass is 1030 g/mol. The number of carbonyl (C=O) groups is 2. The van der Waals surface area contributed by atoms with Gasteiger partial charge in [0.05, 0.1) is 12.7 Å². The summed E-state index contributed by atoms with van der Waals surface area (Å²) in [4.78, 5) is 54.3. The molecule has 1 aliphatic rings. The minimum atomic E-state index is -5.40. The van der Waals surface area contributed by atoms with Gasteiger partial charge in [-0.2, -0.15) is 0 Å². The van der Waals surface area contributed by atoms with Gasteiger partial charge >= 0.3 is 27.6 Å². The Morgan fingerprint density at radius 1 is 0.529 bits per heavy atom. The number of aliphatic hydroxyl groups is 5. The first-order chi connectivity index (χ1) is 33.5. The van der Waals surface area contributed by atoms with Gasteiger partial charge in [0, 0.05) is 12.8 Å². The van der Waals surface area contributed by atoms with Gasteiger partial charge in [0.15, 0.2) is 6.10 Å². The molecule has 9 atom stereocenters. The average Bonchev–Trinajstić information content (AvgIpc) is 3.31. The number of aliphatic hydroxyl groups excluding tert-OH is 5. The summed E-state index contributed by atoms with van der Waals surface area (Å²) in [6.07, 6.45) is 33.9. The van der Waals surface area contributed by atoms with E-state index in [1.807, 2.05) is 30.4 Å². The standard InChI is InChI=1S/C51H84O17P2/c1-3-5-7-9-11-13-15-17-18-19-20-21-22-24-26-28-30-32-34-38-45(54)66-43(41-65-70(62,63)68-51-48(57)46(55)47(56)50(49(51)58)67-69(59,60)61)40-64-44(53)39-35-37-42(52)36-33-31-29-27-25-23-16-14-12-10-8-6-4-2/h11,13,17-18,20-21,23-26,29-33,36,42-43,46-52,55-58H,3-10,12,14-16,19,22,27-28,34-35,37-41H2,1-2H3,(H,62,63)(H2,59,60,61)/b13-11-,18-17-,21-20-,25-23+,26-24-,31-29+,32-30-,36-33+/t42?,43-,46?,47?,48?,49?,50-,51+/m1/s1. The maximum atomic E-state index is 13.0. The summed E-state index contributed by atoms with van der Waals surface area (Å²) >= 11 is 0. The number of phosphoric acid groups is 2. The van der Waals surface area contributed by atoms with Crippen LogP contribution in [0, 0.1) is 0 Å². The van der Waals surface area contributed by atoms with Crippen molar-refractivity contribution in [1.29, 1.82) is 0 Å². The Labute approximate surface area is 416 Å². The van der Waals surface area contributed by atoms with Crippen LogP contribution in [0.25, 0.3) is 0 Å². The predicted octanol–water partition coefficient (Wildman–Crippen LogP) is 8.92. The number of phosphoric ester groups is 2. The Kier molecular flexibility index (Phi) is 37.4. The number of ether oxygens (including phenoxy) is 2. The maximum Gasteiger partial charge on any atom is 0.472 e. The Balaban J connectivity index is 2.71. The molecule has 70 heavy (non-hydrogen) atoms. The van der Waals surface area contributed by atoms with E-state index in [1.165, 1.54) is 57.8 Å². The van der Waals surface area contributed by atoms with Crippen LogP contribution in [0.1, 0.15) is 149 Å². The van der Waals surface area contributed by atoms with Crippen LogP contribution in [0.4, 0.5) is 0 Å². The molecule has 19 heteroatoms. The van der Waals surface area contributed by atoms with Gasteiger partial charge in [-0.15, -0.1) is 0 Å². The van der Waals surface area contributed by atoms with Crippen molar-refractivity contribution >= 4 is 27.6 Å². The van der Waals surface area contributed by atoms with Crippen LogP contribution in [0.2, 0.25) is 0 Å². The molecular weight excluding hydrogens is 946 g/mol. The number of hydrogen-bond donors (Lipinski definition) is 8. The van der Waals surface area contributed by atoms with Crippen molar-refractivity contribution in [2.24, 2.45) is 0 Å². The Morgan fingerprint density at radius 2 is 1.01 bits per heavy atom. The zero-order valence-electron chi connectivity index (χ0n) is 41.3. The molecule has 17 nitrogen and oxygen atoms in total. The van der Waals surface area contributed by atoms with E-state index < -0.39 is 89.6 Å². The molecule has 8 N–H and O–H groups in total. The minimum absolute atomic E-state index is 0.124. The molecule has 0 aromatic carbocycles. The average molecular weight is 1030 g/mol. The van der Waals surface area contributed by atoms with E-state index in [-0.39, 0.29) is 32.1 Å². The summed E-state index contributed by atoms with van der Waals surface area (Å²) in [5.41, 5.74) is 0. The second-order valence-electron chi connectivity index (χ2n) is 17.0. The third kappa shape index (κ3) is 34.3. The highest BCUT2D eigenvalue weighted by Gasteiger charge is 2.54. The number of unbranched alkanes of at least 4 members (excludes halogenated alkanes) is 9. The van der Waals surface area contributed by atoms with Crippen LogP contribution in [-0.2, 0) is 41.8 Å². The molecule has 1 saturated carbocycles. The van der Waals surface area contributed by atoms with Crippen molar-refractivity contribution in [3.63, 3.8) is 0 Å². The molecule has 0 heterocycles. The first-order valence-corrected chi connectivity index (χ1v) is 27.9. The van der Waals surface area contributed by atoms with Gasteiger partial charge in [0.1, 0.15) is 43.2 Å². The molecule has 6 unspecified atom stereocenters. The van der Waals surface area contributed by atoms with Gasteiger partial charge in [-0.1, -0.05) is 156 Å². The molecule has 400 valence electrons. The van der Waals surface area contributed by atoms with Crippen LogP contribution < -0.4 is 0 Å². The van der Waals surface area contributed by atoms with Crippen molar-refractivity contribution in [2.45, 2.75) is 198 Å². The molecule has 0 aromatic heterocycles. The molecular formula is C51H84O17P2. The number of esters is 2. The lowest BCUT2D eigenvalue weighted by Gasteiger charge is -2.43. The van der Waals surface area contributed by atoms with E-state index in [0.29, 0.717) is 6.42 Å². The largest absolute Gasteiger partial charge is 0.472 e. The van der Waals surface area contributed by atoms with Gasteiger partial charge in [-0.05, 0) is 77.0 Å². The van der Waals surface area contributed by atoms with E-state index >= 15 is 0 Å². The third-order valence-corrected chi connectivity index (χ3v) is 12.3. The molecule has 0 aliphatic heterocycles. The van der Waals surface area contributed by atoms with Crippen LogP contribution in [0.5, 0.6) is 0 Å². The highest BCUT2D eigenvalue weighted by Crippen LogP contribution is 2.49. The summed E-state index contributed by atoms with van der Waals surface area (Å²) in [6.45, 7) is 2.85. The molecule has 0 saturated heterocycles. The highest BCUT2D eigenvalue weighted by molar-refractivity contribution is 7.47. The van der Waals surface area contributed by atoms with E-state index in [9.17, 15) is 58.9 Å². The topological polar surface area (TPSA) is 276 Å². The van der Waals surface area contributed by atoms with E-state index in [1.54, 1.807) is 18.2 Å². The van der Waals surface area contributed by atoms with Crippen molar-refractivity contribution in [2.75, 3.05) is 13.2 Å². The minimum Gasteiger partial charge on any atom is -0.462 e. The first kappa shape index (κ1) is 64.9. The first-order valence-electron chi connectivity index (χ1n) is 24.9. The van der Waals surface area contributed by atoms with Gasteiger partial charge in [0.2, 0.25) is 0 Å². The fourth-order valence-corrected chi connectivity index (χ4v) is 8.38. The van der Waals surface area contributed by atoms with Gasteiger partial charge in [0.25, 0.3) is 0 Å². The Morgan fingerprint density at radius 3 is 1.59 bits per heavy atom. The summed E-state index contributed by atoms with van der Waals surface area (Å²) in [5.74, 6) is -1.51. The van der Waals surface area contributed by atoms with E-state index in [2.05, 4.69) is 67.0 Å². The smallest absolute Gasteiger partial charge is 0.462 e.